The van der Waals surface area contributed by atoms with E-state index in [1.807, 2.05) is 29.8 Å². The van der Waals surface area contributed by atoms with Gasteiger partial charge in [0.1, 0.15) is 23.3 Å². The van der Waals surface area contributed by atoms with Crippen molar-refractivity contribution in [2.45, 2.75) is 6.04 Å². The van der Waals surface area contributed by atoms with Gasteiger partial charge in [0.25, 0.3) is 5.69 Å². The Morgan fingerprint density at radius 2 is 2.07 bits per heavy atom. The van der Waals surface area contributed by atoms with E-state index in [-0.39, 0.29) is 16.9 Å². The number of benzene rings is 2. The van der Waals surface area contributed by atoms with Crippen molar-refractivity contribution in [1.82, 2.24) is 9.55 Å². The SMILES string of the molecule is COc1ccccc1C(Nc1ccc(C(N)=O)cc1[N+](=O)[O-])c1nccn1C. The van der Waals surface area contributed by atoms with E-state index in [1.165, 1.54) is 12.1 Å². The lowest BCUT2D eigenvalue weighted by Gasteiger charge is -2.22. The third-order valence-corrected chi connectivity index (χ3v) is 4.35. The Morgan fingerprint density at radius 1 is 1.32 bits per heavy atom. The van der Waals surface area contributed by atoms with Gasteiger partial charge in [-0.2, -0.15) is 0 Å². The Labute approximate surface area is 160 Å². The van der Waals surface area contributed by atoms with Gasteiger partial charge in [-0.15, -0.1) is 0 Å². The Kier molecular flexibility index (Phi) is 5.25. The number of carbonyl (C=O) groups excluding carboxylic acids is 1. The molecule has 1 unspecified atom stereocenters. The first-order chi connectivity index (χ1) is 13.4. The van der Waals surface area contributed by atoms with Crippen LogP contribution in [0.25, 0.3) is 0 Å². The van der Waals surface area contributed by atoms with Gasteiger partial charge in [0.2, 0.25) is 5.91 Å². The number of methoxy groups -OCH3 is 1. The number of hydrogen-bond donors (Lipinski definition) is 2. The van der Waals surface area contributed by atoms with Gasteiger partial charge in [0.05, 0.1) is 12.0 Å². The maximum Gasteiger partial charge on any atom is 0.293 e. The number of carbonyl (C=O) groups is 1. The first-order valence-corrected chi connectivity index (χ1v) is 8.37. The number of aromatic nitrogens is 2. The minimum atomic E-state index is -0.736. The van der Waals surface area contributed by atoms with Crippen LogP contribution in [0.15, 0.2) is 54.9 Å². The summed E-state index contributed by atoms with van der Waals surface area (Å²) in [6.07, 6.45) is 3.42. The van der Waals surface area contributed by atoms with E-state index < -0.39 is 16.9 Å². The Hall–Kier alpha value is -3.88. The average molecular weight is 381 g/mol. The Bertz CT molecular complexity index is 1030. The molecule has 1 aromatic heterocycles. The second-order valence-electron chi connectivity index (χ2n) is 6.07. The maximum atomic E-state index is 11.6. The first-order valence-electron chi connectivity index (χ1n) is 8.37. The molecule has 0 aliphatic heterocycles. The summed E-state index contributed by atoms with van der Waals surface area (Å²) in [7, 11) is 3.38. The molecule has 3 N–H and O–H groups in total. The number of nitro groups is 1. The molecule has 3 rings (SSSR count). The summed E-state index contributed by atoms with van der Waals surface area (Å²) in [6, 6.07) is 10.9. The molecule has 0 saturated carbocycles. The number of para-hydroxylation sites is 1. The van der Waals surface area contributed by atoms with Crippen LogP contribution in [0, 0.1) is 10.1 Å². The molecule has 0 fully saturated rings. The average Bonchev–Trinajstić information content (AvgIpc) is 3.11. The molecule has 3 aromatic rings. The van der Waals surface area contributed by atoms with E-state index in [4.69, 9.17) is 10.5 Å². The summed E-state index contributed by atoms with van der Waals surface area (Å²) in [4.78, 5) is 26.8. The number of anilines is 1. The molecule has 0 radical (unpaired) electrons. The Balaban J connectivity index is 2.12. The van der Waals surface area contributed by atoms with Gasteiger partial charge in [0.15, 0.2) is 0 Å². The molecule has 0 aliphatic rings. The molecular weight excluding hydrogens is 362 g/mol. The normalized spacial score (nSPS) is 11.6. The lowest BCUT2D eigenvalue weighted by Crippen LogP contribution is -2.19. The van der Waals surface area contributed by atoms with E-state index >= 15 is 0 Å². The summed E-state index contributed by atoms with van der Waals surface area (Å²) in [6.45, 7) is 0. The van der Waals surface area contributed by atoms with E-state index in [0.29, 0.717) is 11.6 Å². The number of nitrogens with zero attached hydrogens (tertiary/aromatic N) is 3. The Morgan fingerprint density at radius 3 is 2.68 bits per heavy atom. The number of primary amides is 1. The largest absolute Gasteiger partial charge is 0.496 e. The molecule has 2 aromatic carbocycles. The number of aryl methyl sites for hydroxylation is 1. The van der Waals surface area contributed by atoms with Gasteiger partial charge < -0.3 is 20.4 Å². The van der Waals surface area contributed by atoms with Crippen molar-refractivity contribution >= 4 is 17.3 Å². The van der Waals surface area contributed by atoms with Crippen LogP contribution in [0.2, 0.25) is 0 Å². The minimum absolute atomic E-state index is 0.0584. The molecular formula is C19H19N5O4. The summed E-state index contributed by atoms with van der Waals surface area (Å²) in [5.41, 5.74) is 6.04. The van der Waals surface area contributed by atoms with Crippen LogP contribution in [-0.2, 0) is 7.05 Å². The number of ether oxygens (including phenoxy) is 1. The number of nitro benzene ring substituents is 1. The molecule has 9 heteroatoms. The van der Waals surface area contributed by atoms with Crippen LogP contribution < -0.4 is 15.8 Å². The quantitative estimate of drug-likeness (QED) is 0.479. The monoisotopic (exact) mass is 381 g/mol. The van der Waals surface area contributed by atoms with Crippen LogP contribution >= 0.6 is 0 Å². The number of hydrogen-bond acceptors (Lipinski definition) is 6. The highest BCUT2D eigenvalue weighted by Gasteiger charge is 2.25. The van der Waals surface area contributed by atoms with Crippen LogP contribution in [0.3, 0.4) is 0 Å². The van der Waals surface area contributed by atoms with Crippen LogP contribution in [-0.4, -0.2) is 27.5 Å². The third-order valence-electron chi connectivity index (χ3n) is 4.35. The number of nitrogens with one attached hydrogen (secondary N) is 1. The lowest BCUT2D eigenvalue weighted by atomic mass is 10.0. The number of imidazole rings is 1. The molecule has 1 atom stereocenters. The second-order valence-corrected chi connectivity index (χ2v) is 6.07. The van der Waals surface area contributed by atoms with Crippen LogP contribution in [0.1, 0.15) is 27.8 Å². The van der Waals surface area contributed by atoms with Crippen molar-refractivity contribution in [3.63, 3.8) is 0 Å². The van der Waals surface area contributed by atoms with E-state index in [2.05, 4.69) is 10.3 Å². The molecule has 0 bridgehead atoms. The van der Waals surface area contributed by atoms with E-state index in [9.17, 15) is 14.9 Å². The molecule has 144 valence electrons. The zero-order valence-electron chi connectivity index (χ0n) is 15.3. The first kappa shape index (κ1) is 18.9. The molecule has 28 heavy (non-hydrogen) atoms. The summed E-state index contributed by atoms with van der Waals surface area (Å²) in [5, 5.41) is 14.7. The number of nitrogens with two attached hydrogens (primary N) is 1. The molecule has 9 nitrogen and oxygen atoms in total. The molecule has 0 aliphatic carbocycles. The summed E-state index contributed by atoms with van der Waals surface area (Å²) in [5.74, 6) is 0.511. The van der Waals surface area contributed by atoms with E-state index in [0.717, 1.165) is 11.6 Å². The number of rotatable bonds is 7. The topological polar surface area (TPSA) is 125 Å². The van der Waals surface area contributed by atoms with Gasteiger partial charge in [-0.25, -0.2) is 4.98 Å². The highest BCUT2D eigenvalue weighted by atomic mass is 16.6. The predicted octanol–water partition coefficient (Wildman–Crippen LogP) is 2.64. The standard InChI is InChI=1S/C19H19N5O4/c1-23-10-9-21-19(23)17(13-5-3-4-6-16(13)28-2)22-14-8-7-12(18(20)25)11-15(14)24(26)27/h3-11,17,22H,1-2H3,(H2,20,25). The zero-order chi connectivity index (χ0) is 20.3. The number of amides is 1. The fourth-order valence-corrected chi connectivity index (χ4v) is 2.96. The van der Waals surface area contributed by atoms with Gasteiger partial charge >= 0.3 is 0 Å². The molecule has 0 saturated heterocycles. The highest BCUT2D eigenvalue weighted by molar-refractivity contribution is 5.94. The fourth-order valence-electron chi connectivity index (χ4n) is 2.96. The van der Waals surface area contributed by atoms with Crippen molar-refractivity contribution in [3.8, 4) is 5.75 Å². The molecule has 1 amide bonds. The predicted molar refractivity (Wildman–Crippen MR) is 103 cm³/mol. The molecule has 1 heterocycles. The third kappa shape index (κ3) is 3.63. The highest BCUT2D eigenvalue weighted by Crippen LogP contribution is 2.35. The van der Waals surface area contributed by atoms with Crippen molar-refractivity contribution < 1.29 is 14.5 Å². The lowest BCUT2D eigenvalue weighted by molar-refractivity contribution is -0.384. The van der Waals surface area contributed by atoms with Crippen molar-refractivity contribution in [3.05, 3.63) is 81.9 Å². The fraction of sp³-hybridized carbons (Fsp3) is 0.158. The maximum absolute atomic E-state index is 11.6. The van der Waals surface area contributed by atoms with Crippen molar-refractivity contribution in [2.24, 2.45) is 12.8 Å². The zero-order valence-corrected chi connectivity index (χ0v) is 15.3. The second kappa shape index (κ2) is 7.78. The van der Waals surface area contributed by atoms with Gasteiger partial charge in [0, 0.05) is 36.6 Å². The van der Waals surface area contributed by atoms with Gasteiger partial charge in [-0.1, -0.05) is 18.2 Å². The van der Waals surface area contributed by atoms with Crippen molar-refractivity contribution in [1.29, 1.82) is 0 Å². The summed E-state index contributed by atoms with van der Waals surface area (Å²) < 4.78 is 7.27. The minimum Gasteiger partial charge on any atom is -0.496 e. The van der Waals surface area contributed by atoms with Crippen molar-refractivity contribution in [2.75, 3.05) is 12.4 Å². The van der Waals surface area contributed by atoms with Crippen LogP contribution in [0.4, 0.5) is 11.4 Å². The molecule has 0 spiro atoms. The van der Waals surface area contributed by atoms with Crippen LogP contribution in [0.5, 0.6) is 5.75 Å². The van der Waals surface area contributed by atoms with Gasteiger partial charge in [-0.05, 0) is 18.2 Å². The van der Waals surface area contributed by atoms with Gasteiger partial charge in [-0.3, -0.25) is 14.9 Å². The smallest absolute Gasteiger partial charge is 0.293 e. The van der Waals surface area contributed by atoms with E-state index in [1.54, 1.807) is 25.6 Å². The summed E-state index contributed by atoms with van der Waals surface area (Å²) >= 11 is 0.